The lowest BCUT2D eigenvalue weighted by molar-refractivity contribution is -0.129. The van der Waals surface area contributed by atoms with Crippen LogP contribution < -0.4 is 5.32 Å². The molecule has 1 aliphatic heterocycles. The third kappa shape index (κ3) is 4.00. The topological polar surface area (TPSA) is 128 Å². The number of hydrogen-bond donors (Lipinski definition) is 3. The fourth-order valence-corrected chi connectivity index (χ4v) is 3.81. The van der Waals surface area contributed by atoms with Crippen molar-refractivity contribution < 1.29 is 19.5 Å². The molecule has 0 aliphatic carbocycles. The van der Waals surface area contributed by atoms with Crippen molar-refractivity contribution in [1.82, 2.24) is 20.1 Å². The van der Waals surface area contributed by atoms with E-state index in [4.69, 9.17) is 5.11 Å². The van der Waals surface area contributed by atoms with E-state index in [-0.39, 0.29) is 18.1 Å². The minimum Gasteiger partial charge on any atom is -0.465 e. The monoisotopic (exact) mass is 407 g/mol. The van der Waals surface area contributed by atoms with Crippen molar-refractivity contribution >= 4 is 34.5 Å². The highest BCUT2D eigenvalue weighted by molar-refractivity contribution is 6.10. The van der Waals surface area contributed by atoms with Gasteiger partial charge in [-0.25, -0.2) is 4.79 Å². The minimum absolute atomic E-state index is 0.174. The van der Waals surface area contributed by atoms with Crippen LogP contribution in [0.2, 0.25) is 0 Å². The maximum Gasteiger partial charge on any atom is 0.407 e. The number of nitrogens with one attached hydrogen (secondary N) is 2. The third-order valence-electron chi connectivity index (χ3n) is 5.39. The Bertz CT molecular complexity index is 1090. The van der Waals surface area contributed by atoms with Gasteiger partial charge in [0.2, 0.25) is 5.91 Å². The van der Waals surface area contributed by atoms with E-state index in [9.17, 15) is 14.4 Å². The fraction of sp³-hybridized carbons (Fsp3) is 0.286. The number of fused-ring (bicyclic) bond motifs is 1. The maximum absolute atomic E-state index is 12.5. The van der Waals surface area contributed by atoms with E-state index in [1.165, 1.54) is 4.90 Å². The first-order valence-electron chi connectivity index (χ1n) is 9.71. The molecular formula is C21H21N5O4. The summed E-state index contributed by atoms with van der Waals surface area (Å²) in [5.41, 5.74) is 2.60. The van der Waals surface area contributed by atoms with Gasteiger partial charge in [0.25, 0.3) is 0 Å². The van der Waals surface area contributed by atoms with Gasteiger partial charge in [0.05, 0.1) is 17.3 Å². The van der Waals surface area contributed by atoms with Crippen LogP contribution in [0.25, 0.3) is 22.0 Å². The number of hydrogen-bond acceptors (Lipinski definition) is 5. The Balaban J connectivity index is 1.46. The van der Waals surface area contributed by atoms with Crippen LogP contribution in [0.4, 0.5) is 10.6 Å². The van der Waals surface area contributed by atoms with Crippen molar-refractivity contribution in [1.29, 1.82) is 0 Å². The number of piperidine rings is 1. The Morgan fingerprint density at radius 2 is 1.87 bits per heavy atom. The van der Waals surface area contributed by atoms with Crippen LogP contribution in [0.3, 0.4) is 0 Å². The molecule has 1 aromatic carbocycles. The quantitative estimate of drug-likeness (QED) is 0.558. The number of rotatable bonds is 5. The number of nitrogens with zero attached hydrogens (tertiary/aromatic N) is 3. The number of carbonyl (C=O) groups is 3. The van der Waals surface area contributed by atoms with Crippen LogP contribution in [-0.4, -0.2) is 56.1 Å². The Hall–Kier alpha value is -3.75. The second-order valence-corrected chi connectivity index (χ2v) is 7.27. The SMILES string of the molecule is O=C(CC(=O)C1CCN(C(=O)O)CC1)Nc1n[nH]c2cccc(-c3ccncc3)c12. The molecule has 1 fully saturated rings. The predicted molar refractivity (Wildman–Crippen MR) is 110 cm³/mol. The van der Waals surface area contributed by atoms with Crippen molar-refractivity contribution in [3.05, 3.63) is 42.7 Å². The van der Waals surface area contributed by atoms with Gasteiger partial charge in [0.15, 0.2) is 5.82 Å². The van der Waals surface area contributed by atoms with E-state index in [0.29, 0.717) is 31.7 Å². The molecule has 0 saturated carbocycles. The number of ketones is 1. The molecule has 1 saturated heterocycles. The Labute approximate surface area is 172 Å². The third-order valence-corrected chi connectivity index (χ3v) is 5.39. The number of aromatic nitrogens is 3. The van der Waals surface area contributed by atoms with E-state index in [2.05, 4.69) is 20.5 Å². The normalized spacial score (nSPS) is 14.6. The zero-order valence-electron chi connectivity index (χ0n) is 16.2. The first-order valence-corrected chi connectivity index (χ1v) is 9.71. The van der Waals surface area contributed by atoms with Gasteiger partial charge in [-0.05, 0) is 42.2 Å². The highest BCUT2D eigenvalue weighted by atomic mass is 16.4. The second-order valence-electron chi connectivity index (χ2n) is 7.27. The average Bonchev–Trinajstić information content (AvgIpc) is 3.17. The number of amides is 2. The van der Waals surface area contributed by atoms with Gasteiger partial charge in [-0.1, -0.05) is 12.1 Å². The van der Waals surface area contributed by atoms with Crippen LogP contribution in [0.15, 0.2) is 42.7 Å². The summed E-state index contributed by atoms with van der Waals surface area (Å²) in [6, 6.07) is 9.45. The van der Waals surface area contributed by atoms with Crippen molar-refractivity contribution in [2.75, 3.05) is 18.4 Å². The molecule has 0 atom stereocenters. The van der Waals surface area contributed by atoms with Gasteiger partial charge >= 0.3 is 6.09 Å². The average molecular weight is 407 g/mol. The Kier molecular flexibility index (Phi) is 5.42. The first-order chi connectivity index (χ1) is 14.5. The number of anilines is 1. The lowest BCUT2D eigenvalue weighted by Crippen LogP contribution is -2.39. The highest BCUT2D eigenvalue weighted by Crippen LogP contribution is 2.32. The molecule has 2 aromatic heterocycles. The fourth-order valence-electron chi connectivity index (χ4n) is 3.81. The van der Waals surface area contributed by atoms with Crippen LogP contribution in [0, 0.1) is 5.92 Å². The maximum atomic E-state index is 12.5. The predicted octanol–water partition coefficient (Wildman–Crippen LogP) is 2.91. The molecule has 0 unspecified atom stereocenters. The number of Topliss-reactive ketones (excluding diaryl/α,β-unsaturated/α-hetero) is 1. The number of carbonyl (C=O) groups excluding carboxylic acids is 2. The molecular weight excluding hydrogens is 386 g/mol. The van der Waals surface area contributed by atoms with Crippen molar-refractivity contribution in [2.45, 2.75) is 19.3 Å². The summed E-state index contributed by atoms with van der Waals surface area (Å²) in [5, 5.41) is 19.6. The summed E-state index contributed by atoms with van der Waals surface area (Å²) in [7, 11) is 0. The summed E-state index contributed by atoms with van der Waals surface area (Å²) in [6.07, 6.45) is 3.03. The molecule has 0 bridgehead atoms. The van der Waals surface area contributed by atoms with E-state index in [0.717, 1.165) is 22.0 Å². The molecule has 154 valence electrons. The Morgan fingerprint density at radius 3 is 2.57 bits per heavy atom. The summed E-state index contributed by atoms with van der Waals surface area (Å²) in [4.78, 5) is 41.3. The number of likely N-dealkylation sites (tertiary alicyclic amines) is 1. The van der Waals surface area contributed by atoms with Crippen molar-refractivity contribution in [3.63, 3.8) is 0 Å². The molecule has 9 heteroatoms. The lowest BCUT2D eigenvalue weighted by Gasteiger charge is -2.28. The van der Waals surface area contributed by atoms with E-state index >= 15 is 0 Å². The highest BCUT2D eigenvalue weighted by Gasteiger charge is 2.28. The zero-order valence-corrected chi connectivity index (χ0v) is 16.2. The Morgan fingerprint density at radius 1 is 1.13 bits per heavy atom. The molecule has 0 spiro atoms. The van der Waals surface area contributed by atoms with Gasteiger partial charge < -0.3 is 15.3 Å². The van der Waals surface area contributed by atoms with Crippen molar-refractivity contribution in [3.8, 4) is 11.1 Å². The minimum atomic E-state index is -0.978. The van der Waals surface area contributed by atoms with E-state index in [1.807, 2.05) is 30.3 Å². The van der Waals surface area contributed by atoms with Crippen LogP contribution >= 0.6 is 0 Å². The molecule has 3 heterocycles. The summed E-state index contributed by atoms with van der Waals surface area (Å²) >= 11 is 0. The zero-order chi connectivity index (χ0) is 21.1. The van der Waals surface area contributed by atoms with Gasteiger partial charge in [-0.15, -0.1) is 0 Å². The van der Waals surface area contributed by atoms with Gasteiger partial charge in [0.1, 0.15) is 5.78 Å². The van der Waals surface area contributed by atoms with E-state index in [1.54, 1.807) is 12.4 Å². The molecule has 9 nitrogen and oxygen atoms in total. The first kappa shape index (κ1) is 19.6. The van der Waals surface area contributed by atoms with Gasteiger partial charge in [-0.3, -0.25) is 19.7 Å². The van der Waals surface area contributed by atoms with Gasteiger partial charge in [-0.2, -0.15) is 5.10 Å². The molecule has 30 heavy (non-hydrogen) atoms. The molecule has 2 amide bonds. The number of carboxylic acid groups (broad SMARTS) is 1. The van der Waals surface area contributed by atoms with Crippen LogP contribution in [0.5, 0.6) is 0 Å². The number of aromatic amines is 1. The molecule has 0 radical (unpaired) electrons. The number of benzene rings is 1. The number of pyridine rings is 1. The summed E-state index contributed by atoms with van der Waals surface area (Å²) in [6.45, 7) is 0.624. The van der Waals surface area contributed by atoms with E-state index < -0.39 is 12.0 Å². The molecule has 3 N–H and O–H groups in total. The summed E-state index contributed by atoms with van der Waals surface area (Å²) < 4.78 is 0. The second kappa shape index (κ2) is 8.32. The largest absolute Gasteiger partial charge is 0.465 e. The molecule has 3 aromatic rings. The lowest BCUT2D eigenvalue weighted by atomic mass is 9.91. The molecule has 4 rings (SSSR count). The standard InChI is InChI=1S/C21H21N5O4/c27-17(14-6-10-26(11-7-14)21(29)30)12-18(28)23-20-19-15(13-4-8-22-9-5-13)2-1-3-16(19)24-25-20/h1-5,8-9,14H,6-7,10-12H2,(H,29,30)(H2,23,24,25,28). The number of H-pyrrole nitrogens is 1. The smallest absolute Gasteiger partial charge is 0.407 e. The van der Waals surface area contributed by atoms with Crippen LogP contribution in [0.1, 0.15) is 19.3 Å². The summed E-state index contributed by atoms with van der Waals surface area (Å²) in [5.74, 6) is -0.532. The van der Waals surface area contributed by atoms with Crippen molar-refractivity contribution in [2.24, 2.45) is 5.92 Å². The van der Waals surface area contributed by atoms with Gasteiger partial charge in [0, 0.05) is 31.4 Å². The van der Waals surface area contributed by atoms with Crippen LogP contribution in [-0.2, 0) is 9.59 Å². The molecule has 1 aliphatic rings.